The van der Waals surface area contributed by atoms with E-state index in [1.807, 2.05) is 0 Å². The molecule has 72 valence electrons. The van der Waals surface area contributed by atoms with Crippen LogP contribution in [0, 0.1) is 5.92 Å². The molecular weight excluding hydrogens is 192 g/mol. The maximum Gasteiger partial charge on any atom is 0.161 e. The highest BCUT2D eigenvalue weighted by atomic mass is 35.5. The van der Waals surface area contributed by atoms with Gasteiger partial charge in [0, 0.05) is 0 Å². The zero-order chi connectivity index (χ0) is 10.0. The van der Waals surface area contributed by atoms with Crippen molar-refractivity contribution < 1.29 is 14.4 Å². The molecule has 2 atom stereocenters. The standard InChI is InChI=1S/C9H11ClO3/c1-5(11)4-8(12)6-2-3-7(10)9(6)13/h6-7H,2-4H2,1H3. The lowest BCUT2D eigenvalue weighted by Crippen LogP contribution is -2.23. The molecule has 0 heterocycles. The minimum atomic E-state index is -0.619. The number of alkyl halides is 1. The third kappa shape index (κ3) is 2.37. The van der Waals surface area contributed by atoms with Crippen molar-refractivity contribution >= 4 is 29.0 Å². The van der Waals surface area contributed by atoms with E-state index in [4.69, 9.17) is 11.6 Å². The van der Waals surface area contributed by atoms with Gasteiger partial charge in [-0.3, -0.25) is 14.4 Å². The second kappa shape index (κ2) is 4.01. The van der Waals surface area contributed by atoms with Crippen LogP contribution in [-0.2, 0) is 14.4 Å². The highest BCUT2D eigenvalue weighted by Gasteiger charge is 2.37. The van der Waals surface area contributed by atoms with Crippen LogP contribution >= 0.6 is 11.6 Å². The minimum absolute atomic E-state index is 0.139. The Morgan fingerprint density at radius 1 is 1.46 bits per heavy atom. The molecule has 0 radical (unpaired) electrons. The number of rotatable bonds is 3. The van der Waals surface area contributed by atoms with Gasteiger partial charge in [-0.1, -0.05) is 0 Å². The van der Waals surface area contributed by atoms with E-state index in [1.165, 1.54) is 6.92 Å². The fraction of sp³-hybridized carbons (Fsp3) is 0.667. The van der Waals surface area contributed by atoms with Crippen molar-refractivity contribution in [2.45, 2.75) is 31.6 Å². The van der Waals surface area contributed by atoms with Crippen molar-refractivity contribution in [3.05, 3.63) is 0 Å². The molecule has 1 saturated carbocycles. The molecule has 0 N–H and O–H groups in total. The second-order valence-corrected chi connectivity index (χ2v) is 3.87. The number of carbonyl (C=O) groups is 3. The topological polar surface area (TPSA) is 51.2 Å². The smallest absolute Gasteiger partial charge is 0.161 e. The monoisotopic (exact) mass is 202 g/mol. The van der Waals surface area contributed by atoms with Crippen molar-refractivity contribution in [3.8, 4) is 0 Å². The lowest BCUT2D eigenvalue weighted by Gasteiger charge is -2.04. The first kappa shape index (κ1) is 10.4. The van der Waals surface area contributed by atoms with E-state index in [-0.39, 0.29) is 23.8 Å². The van der Waals surface area contributed by atoms with Gasteiger partial charge in [-0.25, -0.2) is 0 Å². The van der Waals surface area contributed by atoms with Crippen molar-refractivity contribution in [3.63, 3.8) is 0 Å². The molecule has 3 nitrogen and oxygen atoms in total. The first-order valence-electron chi connectivity index (χ1n) is 4.22. The summed E-state index contributed by atoms with van der Waals surface area (Å²) in [4.78, 5) is 33.2. The number of hydrogen-bond donors (Lipinski definition) is 0. The summed E-state index contributed by atoms with van der Waals surface area (Å²) in [5, 5.41) is -0.527. The van der Waals surface area contributed by atoms with Gasteiger partial charge in [-0.15, -0.1) is 11.6 Å². The van der Waals surface area contributed by atoms with E-state index >= 15 is 0 Å². The molecule has 0 bridgehead atoms. The number of ketones is 3. The van der Waals surface area contributed by atoms with Gasteiger partial charge < -0.3 is 0 Å². The average Bonchev–Trinajstić information content (AvgIpc) is 2.31. The van der Waals surface area contributed by atoms with Crippen LogP contribution in [0.25, 0.3) is 0 Å². The van der Waals surface area contributed by atoms with Gasteiger partial charge in [0.2, 0.25) is 0 Å². The summed E-state index contributed by atoms with van der Waals surface area (Å²) < 4.78 is 0. The Kier molecular flexibility index (Phi) is 3.20. The minimum Gasteiger partial charge on any atom is -0.300 e. The van der Waals surface area contributed by atoms with Crippen LogP contribution in [0.2, 0.25) is 0 Å². The van der Waals surface area contributed by atoms with E-state index in [1.54, 1.807) is 0 Å². The Morgan fingerprint density at radius 3 is 2.46 bits per heavy atom. The molecule has 4 heteroatoms. The van der Waals surface area contributed by atoms with Crippen LogP contribution in [0.15, 0.2) is 0 Å². The third-order valence-electron chi connectivity index (χ3n) is 2.17. The molecule has 0 aromatic carbocycles. The van der Waals surface area contributed by atoms with Gasteiger partial charge in [-0.05, 0) is 19.8 Å². The molecule has 0 aromatic heterocycles. The van der Waals surface area contributed by atoms with E-state index in [0.29, 0.717) is 12.8 Å². The van der Waals surface area contributed by atoms with Crippen LogP contribution < -0.4 is 0 Å². The van der Waals surface area contributed by atoms with Crippen molar-refractivity contribution in [2.75, 3.05) is 0 Å². The van der Waals surface area contributed by atoms with Crippen LogP contribution in [0.1, 0.15) is 26.2 Å². The molecule has 0 aromatic rings. The highest BCUT2D eigenvalue weighted by Crippen LogP contribution is 2.27. The third-order valence-corrected chi connectivity index (χ3v) is 2.61. The van der Waals surface area contributed by atoms with E-state index in [2.05, 4.69) is 0 Å². The SMILES string of the molecule is CC(=O)CC(=O)C1CCC(Cl)C1=O. The second-order valence-electron chi connectivity index (χ2n) is 3.34. The molecule has 1 aliphatic rings. The number of hydrogen-bond acceptors (Lipinski definition) is 3. The van der Waals surface area contributed by atoms with E-state index in [0.717, 1.165) is 0 Å². The predicted octanol–water partition coefficient (Wildman–Crippen LogP) is 1.12. The molecule has 0 aliphatic heterocycles. The first-order valence-corrected chi connectivity index (χ1v) is 4.66. The molecular formula is C9H11ClO3. The zero-order valence-corrected chi connectivity index (χ0v) is 8.13. The van der Waals surface area contributed by atoms with E-state index in [9.17, 15) is 14.4 Å². The Hall–Kier alpha value is -0.700. The van der Waals surface area contributed by atoms with Gasteiger partial charge >= 0.3 is 0 Å². The summed E-state index contributed by atoms with van der Waals surface area (Å²) in [5.74, 6) is -1.31. The zero-order valence-electron chi connectivity index (χ0n) is 7.38. The van der Waals surface area contributed by atoms with Gasteiger partial charge in [0.1, 0.15) is 5.78 Å². The van der Waals surface area contributed by atoms with Crippen LogP contribution in [0.3, 0.4) is 0 Å². The Bertz CT molecular complexity index is 260. The number of Topliss-reactive ketones (excluding diaryl/α,β-unsaturated/α-hetero) is 3. The molecule has 1 fully saturated rings. The van der Waals surface area contributed by atoms with Gasteiger partial charge in [0.25, 0.3) is 0 Å². The fourth-order valence-corrected chi connectivity index (χ4v) is 1.78. The summed E-state index contributed by atoms with van der Waals surface area (Å²) in [7, 11) is 0. The maximum atomic E-state index is 11.3. The summed E-state index contributed by atoms with van der Waals surface area (Å²) in [6.07, 6.45) is 0.911. The summed E-state index contributed by atoms with van der Waals surface area (Å²) in [6.45, 7) is 1.34. The van der Waals surface area contributed by atoms with Gasteiger partial charge in [0.15, 0.2) is 11.6 Å². The maximum absolute atomic E-state index is 11.3. The normalized spacial score (nSPS) is 27.7. The van der Waals surface area contributed by atoms with Crippen molar-refractivity contribution in [2.24, 2.45) is 5.92 Å². The molecule has 1 rings (SSSR count). The first-order chi connectivity index (χ1) is 6.02. The summed E-state index contributed by atoms with van der Waals surface area (Å²) in [6, 6.07) is 0. The molecule has 0 amide bonds. The largest absolute Gasteiger partial charge is 0.300 e. The lowest BCUT2D eigenvalue weighted by atomic mass is 9.98. The molecule has 0 saturated heterocycles. The number of halogens is 1. The predicted molar refractivity (Wildman–Crippen MR) is 47.7 cm³/mol. The average molecular weight is 203 g/mol. The van der Waals surface area contributed by atoms with Crippen molar-refractivity contribution in [1.29, 1.82) is 0 Å². The van der Waals surface area contributed by atoms with Crippen LogP contribution in [-0.4, -0.2) is 22.7 Å². The summed E-state index contributed by atoms with van der Waals surface area (Å²) in [5.41, 5.74) is 0. The Morgan fingerprint density at radius 2 is 2.08 bits per heavy atom. The van der Waals surface area contributed by atoms with Gasteiger partial charge in [0.05, 0.1) is 17.7 Å². The molecule has 1 aliphatic carbocycles. The molecule has 2 unspecified atom stereocenters. The summed E-state index contributed by atoms with van der Waals surface area (Å²) >= 11 is 5.65. The van der Waals surface area contributed by atoms with Gasteiger partial charge in [-0.2, -0.15) is 0 Å². The highest BCUT2D eigenvalue weighted by molar-refractivity contribution is 6.34. The molecule has 0 spiro atoms. The lowest BCUT2D eigenvalue weighted by molar-refractivity contribution is -0.132. The quantitative estimate of drug-likeness (QED) is 0.509. The van der Waals surface area contributed by atoms with Crippen LogP contribution in [0.5, 0.6) is 0 Å². The number of carbonyl (C=O) groups excluding carboxylic acids is 3. The van der Waals surface area contributed by atoms with E-state index < -0.39 is 11.3 Å². The van der Waals surface area contributed by atoms with Crippen LogP contribution in [0.4, 0.5) is 0 Å². The Labute approximate surface area is 81.4 Å². The van der Waals surface area contributed by atoms with Crippen molar-refractivity contribution in [1.82, 2.24) is 0 Å². The fourth-order valence-electron chi connectivity index (χ4n) is 1.50. The Balaban J connectivity index is 2.58. The molecule has 13 heavy (non-hydrogen) atoms.